The van der Waals surface area contributed by atoms with Crippen LogP contribution in [0.5, 0.6) is 0 Å². The van der Waals surface area contributed by atoms with Crippen molar-refractivity contribution < 1.29 is 19.1 Å². The van der Waals surface area contributed by atoms with Gasteiger partial charge in [0.2, 0.25) is 0 Å². The van der Waals surface area contributed by atoms with E-state index in [4.69, 9.17) is 9.97 Å². The number of nitrogens with zero attached hydrogens (tertiary/aromatic N) is 10. The van der Waals surface area contributed by atoms with E-state index in [9.17, 15) is 24.8 Å². The molecule has 0 radical (unpaired) electrons. The number of pyridine rings is 2. The van der Waals surface area contributed by atoms with E-state index >= 15 is 4.39 Å². The summed E-state index contributed by atoms with van der Waals surface area (Å²) < 4.78 is 20.5. The van der Waals surface area contributed by atoms with Crippen molar-refractivity contribution in [1.82, 2.24) is 43.4 Å². The molecule has 1 saturated heterocycles. The molecule has 0 spiro atoms. The number of nitriles is 1. The van der Waals surface area contributed by atoms with Gasteiger partial charge in [0, 0.05) is 60.6 Å². The molecule has 14 nitrogen and oxygen atoms in total. The predicted octanol–water partition coefficient (Wildman–Crippen LogP) is 7.36. The van der Waals surface area contributed by atoms with Crippen LogP contribution in [0.2, 0.25) is 0 Å². The standard InChI is InChI=1S/C50H49FN10O4/c1-30-42-45(56-43(55-30)32-9-11-34(12-10-32)50(18-19-50)47(63)64)61(35-15-21-57(22-16-35)29-49(2,3)4)48(65)60(42)36-13-14-40(54-26-36)46(62)58-23-17-37-38-6-5-20-53-44(38)59(41(37)28-58)27-33-8-7-31(25-52)24-39(33)51/h5-14,20,24,26,35H,15-19,21-23,27-29H2,1-4H3,(H,63,64). The number of carbonyl (C=O) groups is 2. The minimum Gasteiger partial charge on any atom is -0.481 e. The molecule has 1 aliphatic carbocycles. The molecule has 1 saturated carbocycles. The van der Waals surface area contributed by atoms with Crippen LogP contribution in [-0.4, -0.2) is 86.6 Å². The fourth-order valence-corrected chi connectivity index (χ4v) is 10.00. The Morgan fingerprint density at radius 3 is 2.40 bits per heavy atom. The molecule has 5 aromatic heterocycles. The second-order valence-corrected chi connectivity index (χ2v) is 19.0. The smallest absolute Gasteiger partial charge is 0.335 e. The molecular formula is C50H49FN10O4. The number of carboxylic acid groups (broad SMARTS) is 1. The van der Waals surface area contributed by atoms with Crippen molar-refractivity contribution in [1.29, 1.82) is 5.26 Å². The molecule has 15 heteroatoms. The number of carboxylic acids is 1. The molecule has 1 amide bonds. The Morgan fingerprint density at radius 2 is 1.74 bits per heavy atom. The average Bonchev–Trinajstić information content (AvgIpc) is 3.99. The minimum atomic E-state index is -0.834. The number of imidazole rings is 1. The molecule has 7 heterocycles. The predicted molar refractivity (Wildman–Crippen MR) is 242 cm³/mol. The highest BCUT2D eigenvalue weighted by Crippen LogP contribution is 2.48. The molecule has 2 fully saturated rings. The van der Waals surface area contributed by atoms with Crippen LogP contribution in [0.1, 0.15) is 96.6 Å². The maximum absolute atomic E-state index is 15.2. The molecular weight excluding hydrogens is 824 g/mol. The first-order chi connectivity index (χ1) is 31.2. The molecule has 10 rings (SSSR count). The maximum atomic E-state index is 15.2. The number of amides is 1. The topological polar surface area (TPSA) is 168 Å². The maximum Gasteiger partial charge on any atom is 0.335 e. The zero-order valence-electron chi connectivity index (χ0n) is 36.9. The molecule has 1 N–H and O–H groups in total. The Balaban J connectivity index is 0.974. The molecule has 2 aliphatic heterocycles. The molecule has 0 atom stereocenters. The number of fused-ring (bicyclic) bond motifs is 4. The lowest BCUT2D eigenvalue weighted by Gasteiger charge is -2.36. The van der Waals surface area contributed by atoms with Crippen molar-refractivity contribution in [2.75, 3.05) is 26.2 Å². The van der Waals surface area contributed by atoms with Crippen LogP contribution in [0.3, 0.4) is 0 Å². The van der Waals surface area contributed by atoms with Crippen molar-refractivity contribution in [2.24, 2.45) is 5.41 Å². The van der Waals surface area contributed by atoms with Gasteiger partial charge in [-0.15, -0.1) is 0 Å². The summed E-state index contributed by atoms with van der Waals surface area (Å²) in [6, 6.07) is 21.0. The number of carbonyl (C=O) groups excluding carboxylic acids is 1. The van der Waals surface area contributed by atoms with Gasteiger partial charge in [-0.3, -0.25) is 18.7 Å². The van der Waals surface area contributed by atoms with Crippen molar-refractivity contribution in [2.45, 2.75) is 84.3 Å². The van der Waals surface area contributed by atoms with E-state index in [2.05, 4.69) is 35.6 Å². The van der Waals surface area contributed by atoms with Gasteiger partial charge in [0.05, 0.1) is 47.7 Å². The van der Waals surface area contributed by atoms with Crippen LogP contribution in [0, 0.1) is 29.5 Å². The second kappa shape index (κ2) is 15.9. The number of rotatable bonds is 9. The third-order valence-electron chi connectivity index (χ3n) is 13.4. The normalized spacial score (nSPS) is 16.5. The molecule has 0 unspecified atom stereocenters. The van der Waals surface area contributed by atoms with Gasteiger partial charge in [0.15, 0.2) is 11.5 Å². The molecule has 3 aliphatic rings. The quantitative estimate of drug-likeness (QED) is 0.155. The highest BCUT2D eigenvalue weighted by atomic mass is 19.1. The first-order valence-corrected chi connectivity index (χ1v) is 22.2. The summed E-state index contributed by atoms with van der Waals surface area (Å²) >= 11 is 0. The Morgan fingerprint density at radius 1 is 0.969 bits per heavy atom. The van der Waals surface area contributed by atoms with E-state index in [1.54, 1.807) is 46.1 Å². The van der Waals surface area contributed by atoms with Crippen LogP contribution in [0.15, 0.2) is 83.9 Å². The van der Waals surface area contributed by atoms with E-state index < -0.39 is 17.2 Å². The zero-order chi connectivity index (χ0) is 45.4. The minimum absolute atomic E-state index is 0.116. The SMILES string of the molecule is Cc1nc(-c2ccc(C3(C(=O)O)CC3)cc2)nc2c1n(-c1ccc(C(=O)N3CCc4c(n(Cc5ccc(C#N)cc5F)c5ncccc45)C3)nc1)c(=O)n2C1CCN(CC(C)(C)C)CC1. The van der Waals surface area contributed by atoms with E-state index in [1.807, 2.05) is 58.5 Å². The first-order valence-electron chi connectivity index (χ1n) is 22.2. The summed E-state index contributed by atoms with van der Waals surface area (Å²) in [5.74, 6) is -1.13. The lowest BCUT2D eigenvalue weighted by Crippen LogP contribution is -2.41. The van der Waals surface area contributed by atoms with Gasteiger partial charge in [0.25, 0.3) is 5.91 Å². The van der Waals surface area contributed by atoms with Crippen molar-refractivity contribution >= 4 is 34.1 Å². The van der Waals surface area contributed by atoms with Gasteiger partial charge in [0.1, 0.15) is 22.7 Å². The Labute approximate surface area is 374 Å². The van der Waals surface area contributed by atoms with Gasteiger partial charge >= 0.3 is 11.7 Å². The summed E-state index contributed by atoms with van der Waals surface area (Å²) in [7, 11) is 0. The number of hydrogen-bond donors (Lipinski definition) is 1. The lowest BCUT2D eigenvalue weighted by molar-refractivity contribution is -0.140. The van der Waals surface area contributed by atoms with E-state index in [1.165, 1.54) is 6.07 Å². The number of hydrogen-bond acceptors (Lipinski definition) is 9. The number of aryl methyl sites for hydroxylation is 1. The second-order valence-electron chi connectivity index (χ2n) is 19.0. The number of halogens is 1. The van der Waals surface area contributed by atoms with Crippen LogP contribution in [0.25, 0.3) is 39.3 Å². The van der Waals surface area contributed by atoms with Crippen molar-refractivity contribution in [3.8, 4) is 23.1 Å². The first kappa shape index (κ1) is 41.9. The average molecular weight is 873 g/mol. The van der Waals surface area contributed by atoms with Crippen LogP contribution < -0.4 is 5.69 Å². The Hall–Kier alpha value is -7.05. The largest absolute Gasteiger partial charge is 0.481 e. The van der Waals surface area contributed by atoms with Gasteiger partial charge in [-0.25, -0.2) is 29.1 Å². The summed E-state index contributed by atoms with van der Waals surface area (Å²) in [4.78, 5) is 64.6. The number of aromatic nitrogens is 7. The van der Waals surface area contributed by atoms with Crippen LogP contribution in [-0.2, 0) is 29.7 Å². The zero-order valence-corrected chi connectivity index (χ0v) is 36.9. The Kier molecular flexibility index (Phi) is 10.2. The third-order valence-corrected chi connectivity index (χ3v) is 13.4. The summed E-state index contributed by atoms with van der Waals surface area (Å²) in [5.41, 5.74) is 6.14. The number of aliphatic carboxylic acids is 1. The monoisotopic (exact) mass is 872 g/mol. The molecule has 2 aromatic carbocycles. The number of benzene rings is 2. The third kappa shape index (κ3) is 7.45. The fourth-order valence-electron chi connectivity index (χ4n) is 10.00. The summed E-state index contributed by atoms with van der Waals surface area (Å²) in [6.07, 6.45) is 6.57. The van der Waals surface area contributed by atoms with E-state index in [0.717, 1.165) is 60.2 Å². The number of likely N-dealkylation sites (tertiary alicyclic amines) is 1. The van der Waals surface area contributed by atoms with Crippen molar-refractivity contribution in [3.05, 3.63) is 135 Å². The van der Waals surface area contributed by atoms with Crippen LogP contribution >= 0.6 is 0 Å². The van der Waals surface area contributed by atoms with Crippen molar-refractivity contribution in [3.63, 3.8) is 0 Å². The van der Waals surface area contributed by atoms with Gasteiger partial charge in [-0.05, 0) is 92.0 Å². The van der Waals surface area contributed by atoms with E-state index in [0.29, 0.717) is 65.4 Å². The summed E-state index contributed by atoms with van der Waals surface area (Å²) in [5, 5.41) is 20.1. The van der Waals surface area contributed by atoms with Crippen LogP contribution in [0.4, 0.5) is 4.39 Å². The number of piperidine rings is 1. The van der Waals surface area contributed by atoms with Gasteiger partial charge in [-0.2, -0.15) is 5.26 Å². The van der Waals surface area contributed by atoms with Gasteiger partial charge in [-0.1, -0.05) is 51.1 Å². The highest BCUT2D eigenvalue weighted by molar-refractivity contribution is 5.93. The molecule has 0 bridgehead atoms. The molecule has 330 valence electrons. The summed E-state index contributed by atoms with van der Waals surface area (Å²) in [6.45, 7) is 12.1. The van der Waals surface area contributed by atoms with E-state index in [-0.39, 0.29) is 47.4 Å². The molecule has 7 aromatic rings. The highest BCUT2D eigenvalue weighted by Gasteiger charge is 2.51. The molecule has 65 heavy (non-hydrogen) atoms. The Bertz CT molecular complexity index is 3140. The lowest BCUT2D eigenvalue weighted by atomic mass is 9.94. The fraction of sp³-hybridized carbons (Fsp3) is 0.360. The van der Waals surface area contributed by atoms with Gasteiger partial charge < -0.3 is 19.5 Å².